The molecular formula is C17H20N4O2. The molecule has 2 aromatic rings. The van der Waals surface area contributed by atoms with Crippen LogP contribution in [0.25, 0.3) is 11.3 Å². The first kappa shape index (κ1) is 14.5. The predicted molar refractivity (Wildman–Crippen MR) is 85.8 cm³/mol. The monoisotopic (exact) mass is 312 g/mol. The fraction of sp³-hybridized carbons (Fsp3) is 0.471. The maximum atomic E-state index is 12.0. The Hall–Kier alpha value is -2.05. The smallest absolute Gasteiger partial charge is 0.266 e. The zero-order valence-electron chi connectivity index (χ0n) is 12.9. The maximum Gasteiger partial charge on any atom is 0.266 e. The zero-order valence-corrected chi connectivity index (χ0v) is 12.9. The summed E-state index contributed by atoms with van der Waals surface area (Å²) in [5, 5.41) is 14.2. The first-order chi connectivity index (χ1) is 11.2. The quantitative estimate of drug-likeness (QED) is 0.902. The number of rotatable bonds is 4. The summed E-state index contributed by atoms with van der Waals surface area (Å²) in [6.07, 6.45) is 5.31. The lowest BCUT2D eigenvalue weighted by molar-refractivity contribution is -0.0721. The van der Waals surface area contributed by atoms with Gasteiger partial charge in [-0.25, -0.2) is 4.68 Å². The van der Waals surface area contributed by atoms with Crippen molar-refractivity contribution in [3.05, 3.63) is 47.0 Å². The van der Waals surface area contributed by atoms with Crippen LogP contribution >= 0.6 is 0 Å². The molecule has 0 amide bonds. The Balaban J connectivity index is 1.44. The Bertz CT molecular complexity index is 740. The van der Waals surface area contributed by atoms with Gasteiger partial charge in [-0.3, -0.25) is 14.7 Å². The number of hydrogen-bond acceptors (Lipinski definition) is 5. The summed E-state index contributed by atoms with van der Waals surface area (Å²) in [4.78, 5) is 18.5. The van der Waals surface area contributed by atoms with Crippen LogP contribution < -0.4 is 5.56 Å². The molecule has 0 aromatic carbocycles. The third-order valence-corrected chi connectivity index (χ3v) is 4.91. The van der Waals surface area contributed by atoms with Crippen LogP contribution in [0.15, 0.2) is 41.5 Å². The molecule has 3 heterocycles. The van der Waals surface area contributed by atoms with E-state index in [2.05, 4.69) is 15.0 Å². The van der Waals surface area contributed by atoms with Gasteiger partial charge < -0.3 is 5.11 Å². The molecule has 6 heteroatoms. The predicted octanol–water partition coefficient (Wildman–Crippen LogP) is 0.760. The van der Waals surface area contributed by atoms with E-state index in [1.807, 2.05) is 12.1 Å². The van der Waals surface area contributed by atoms with Crippen molar-refractivity contribution in [2.45, 2.75) is 31.5 Å². The summed E-state index contributed by atoms with van der Waals surface area (Å²) in [5.74, 6) is 0.428. The normalized spacial score (nSPS) is 24.9. The lowest BCUT2D eigenvalue weighted by Gasteiger charge is -2.50. The van der Waals surface area contributed by atoms with Crippen molar-refractivity contribution < 1.29 is 5.11 Å². The standard InChI is InChI=1S/C17H20N4O2/c22-16-5-4-15(16)20-9-12(10-20)11-21-17(23)6-3-14(19-21)13-2-1-7-18-8-13/h1-3,6-8,12,15-16,22H,4-5,9-11H2. The Morgan fingerprint density at radius 2 is 2.09 bits per heavy atom. The lowest BCUT2D eigenvalue weighted by atomic mass is 9.83. The molecule has 2 atom stereocenters. The van der Waals surface area contributed by atoms with Gasteiger partial charge in [0.05, 0.1) is 18.3 Å². The highest BCUT2D eigenvalue weighted by Crippen LogP contribution is 2.31. The van der Waals surface area contributed by atoms with Gasteiger partial charge in [-0.15, -0.1) is 0 Å². The highest BCUT2D eigenvalue weighted by atomic mass is 16.3. The molecule has 0 spiro atoms. The van der Waals surface area contributed by atoms with Crippen LogP contribution in [0.1, 0.15) is 12.8 Å². The molecule has 1 N–H and O–H groups in total. The van der Waals surface area contributed by atoms with Crippen molar-refractivity contribution in [2.24, 2.45) is 5.92 Å². The van der Waals surface area contributed by atoms with Crippen LogP contribution in [0.3, 0.4) is 0 Å². The molecule has 6 nitrogen and oxygen atoms in total. The summed E-state index contributed by atoms with van der Waals surface area (Å²) >= 11 is 0. The van der Waals surface area contributed by atoms with Crippen LogP contribution in [-0.4, -0.2) is 50.0 Å². The van der Waals surface area contributed by atoms with Gasteiger partial charge in [0.25, 0.3) is 5.56 Å². The van der Waals surface area contributed by atoms with Crippen LogP contribution in [0.5, 0.6) is 0 Å². The van der Waals surface area contributed by atoms with Gasteiger partial charge in [0.1, 0.15) is 0 Å². The summed E-state index contributed by atoms with van der Waals surface area (Å²) in [6.45, 7) is 2.51. The molecule has 0 radical (unpaired) electrons. The summed E-state index contributed by atoms with van der Waals surface area (Å²) in [5.41, 5.74) is 1.61. The van der Waals surface area contributed by atoms with E-state index in [-0.39, 0.29) is 11.7 Å². The number of hydrogen-bond donors (Lipinski definition) is 1. The van der Waals surface area contributed by atoms with Gasteiger partial charge in [0.2, 0.25) is 0 Å². The molecule has 1 aliphatic heterocycles. The number of pyridine rings is 1. The van der Waals surface area contributed by atoms with Gasteiger partial charge in [-0.2, -0.15) is 5.10 Å². The van der Waals surface area contributed by atoms with E-state index in [1.54, 1.807) is 29.2 Å². The second-order valence-corrected chi connectivity index (χ2v) is 6.51. The largest absolute Gasteiger partial charge is 0.391 e. The van der Waals surface area contributed by atoms with E-state index in [1.165, 1.54) is 0 Å². The third-order valence-electron chi connectivity index (χ3n) is 4.91. The number of aliphatic hydroxyl groups excluding tert-OH is 1. The van der Waals surface area contributed by atoms with E-state index >= 15 is 0 Å². The van der Waals surface area contributed by atoms with Crippen molar-refractivity contribution in [3.8, 4) is 11.3 Å². The average molecular weight is 312 g/mol. The molecule has 2 aromatic heterocycles. The van der Waals surface area contributed by atoms with Crippen molar-refractivity contribution in [1.29, 1.82) is 0 Å². The van der Waals surface area contributed by atoms with Gasteiger partial charge >= 0.3 is 0 Å². The Morgan fingerprint density at radius 3 is 2.74 bits per heavy atom. The number of nitrogens with zero attached hydrogens (tertiary/aromatic N) is 4. The minimum atomic E-state index is -0.161. The molecule has 0 bridgehead atoms. The molecule has 2 fully saturated rings. The van der Waals surface area contributed by atoms with Crippen LogP contribution in [-0.2, 0) is 6.54 Å². The molecule has 2 unspecified atom stereocenters. The number of aromatic nitrogens is 3. The molecule has 1 aliphatic carbocycles. The minimum Gasteiger partial charge on any atom is -0.391 e. The second-order valence-electron chi connectivity index (χ2n) is 6.51. The van der Waals surface area contributed by atoms with Crippen LogP contribution in [0.4, 0.5) is 0 Å². The molecular weight excluding hydrogens is 292 g/mol. The van der Waals surface area contributed by atoms with Gasteiger partial charge in [0.15, 0.2) is 0 Å². The molecule has 120 valence electrons. The number of likely N-dealkylation sites (tertiary alicyclic amines) is 1. The minimum absolute atomic E-state index is 0.0697. The van der Waals surface area contributed by atoms with Crippen LogP contribution in [0, 0.1) is 5.92 Å². The van der Waals surface area contributed by atoms with E-state index < -0.39 is 0 Å². The van der Waals surface area contributed by atoms with E-state index in [0.717, 1.165) is 37.2 Å². The number of aliphatic hydroxyl groups is 1. The van der Waals surface area contributed by atoms with Crippen molar-refractivity contribution in [3.63, 3.8) is 0 Å². The summed E-state index contributed by atoms with van der Waals surface area (Å²) in [6, 6.07) is 7.44. The molecule has 4 rings (SSSR count). The van der Waals surface area contributed by atoms with Crippen molar-refractivity contribution in [1.82, 2.24) is 19.7 Å². The second kappa shape index (κ2) is 5.86. The molecule has 2 aliphatic rings. The maximum absolute atomic E-state index is 12.0. The third kappa shape index (κ3) is 2.80. The van der Waals surface area contributed by atoms with Crippen molar-refractivity contribution in [2.75, 3.05) is 13.1 Å². The average Bonchev–Trinajstić information content (AvgIpc) is 2.54. The Kier molecular flexibility index (Phi) is 3.71. The molecule has 1 saturated heterocycles. The summed E-state index contributed by atoms with van der Waals surface area (Å²) < 4.78 is 1.56. The van der Waals surface area contributed by atoms with Gasteiger partial charge in [-0.1, -0.05) is 0 Å². The Morgan fingerprint density at radius 1 is 1.22 bits per heavy atom. The first-order valence-electron chi connectivity index (χ1n) is 8.11. The zero-order chi connectivity index (χ0) is 15.8. The fourth-order valence-corrected chi connectivity index (χ4v) is 3.38. The molecule has 23 heavy (non-hydrogen) atoms. The highest BCUT2D eigenvalue weighted by Gasteiger charge is 2.40. The van der Waals surface area contributed by atoms with Gasteiger partial charge in [0, 0.05) is 49.1 Å². The van der Waals surface area contributed by atoms with Gasteiger partial charge in [-0.05, 0) is 31.0 Å². The highest BCUT2D eigenvalue weighted by molar-refractivity contribution is 5.56. The van der Waals surface area contributed by atoms with E-state index in [9.17, 15) is 9.90 Å². The fourth-order valence-electron chi connectivity index (χ4n) is 3.38. The topological polar surface area (TPSA) is 71.2 Å². The van der Waals surface area contributed by atoms with E-state index in [0.29, 0.717) is 18.5 Å². The van der Waals surface area contributed by atoms with Crippen LogP contribution in [0.2, 0.25) is 0 Å². The lowest BCUT2D eigenvalue weighted by Crippen LogP contribution is -2.60. The molecule has 1 saturated carbocycles. The van der Waals surface area contributed by atoms with Crippen molar-refractivity contribution >= 4 is 0 Å². The Labute approximate surface area is 134 Å². The SMILES string of the molecule is O=c1ccc(-c2cccnc2)nn1CC1CN(C2CCC2O)C1. The first-order valence-corrected chi connectivity index (χ1v) is 8.11. The van der Waals surface area contributed by atoms with E-state index in [4.69, 9.17) is 0 Å². The summed E-state index contributed by atoms with van der Waals surface area (Å²) in [7, 11) is 0.